The van der Waals surface area contributed by atoms with Gasteiger partial charge in [0.05, 0.1) is 18.0 Å². The maximum atomic E-state index is 12.7. The van der Waals surface area contributed by atoms with Crippen molar-refractivity contribution < 1.29 is 8.42 Å². The highest BCUT2D eigenvalue weighted by Gasteiger charge is 2.37. The van der Waals surface area contributed by atoms with Crippen LogP contribution in [0.15, 0.2) is 6.33 Å². The molecule has 8 nitrogen and oxygen atoms in total. The third kappa shape index (κ3) is 3.40. The van der Waals surface area contributed by atoms with E-state index < -0.39 is 10.2 Å². The molecule has 9 heteroatoms. The van der Waals surface area contributed by atoms with Gasteiger partial charge in [-0.25, -0.2) is 4.98 Å². The first-order valence-electron chi connectivity index (χ1n) is 6.94. The van der Waals surface area contributed by atoms with Crippen molar-refractivity contribution in [3.05, 3.63) is 12.2 Å². The van der Waals surface area contributed by atoms with E-state index >= 15 is 0 Å². The topological polar surface area (TPSA) is 106 Å². The number of nitrogens with one attached hydrogen (secondary N) is 1. The SMILES string of the molecule is C[C@H](C#N)CN(C)S(=O)(=O)N1CCCC[C@@H]1c1ncn[nH]1. The lowest BCUT2D eigenvalue weighted by Gasteiger charge is -2.36. The minimum atomic E-state index is -3.61. The van der Waals surface area contributed by atoms with Crippen molar-refractivity contribution in [1.29, 1.82) is 5.26 Å². The average Bonchev–Trinajstić information content (AvgIpc) is 3.01. The summed E-state index contributed by atoms with van der Waals surface area (Å²) in [6.07, 6.45) is 3.88. The molecule has 1 fully saturated rings. The van der Waals surface area contributed by atoms with E-state index in [0.717, 1.165) is 19.3 Å². The summed E-state index contributed by atoms with van der Waals surface area (Å²) in [5, 5.41) is 15.4. The zero-order valence-electron chi connectivity index (χ0n) is 12.2. The molecule has 1 aliphatic heterocycles. The summed E-state index contributed by atoms with van der Waals surface area (Å²) in [6, 6.07) is 1.74. The van der Waals surface area contributed by atoms with Gasteiger partial charge in [0.2, 0.25) is 0 Å². The van der Waals surface area contributed by atoms with Crippen LogP contribution < -0.4 is 0 Å². The third-order valence-electron chi connectivity index (χ3n) is 3.64. The first-order valence-corrected chi connectivity index (χ1v) is 8.34. The molecule has 0 aliphatic carbocycles. The molecule has 1 aromatic heterocycles. The van der Waals surface area contributed by atoms with Crippen molar-refractivity contribution in [2.24, 2.45) is 5.92 Å². The van der Waals surface area contributed by atoms with Crippen molar-refractivity contribution in [3.8, 4) is 6.07 Å². The van der Waals surface area contributed by atoms with Crippen LogP contribution in [-0.4, -0.2) is 52.3 Å². The summed E-state index contributed by atoms with van der Waals surface area (Å²) < 4.78 is 28.2. The van der Waals surface area contributed by atoms with Gasteiger partial charge in [0.1, 0.15) is 12.2 Å². The largest absolute Gasteiger partial charge is 0.282 e. The quantitative estimate of drug-likeness (QED) is 0.860. The van der Waals surface area contributed by atoms with Crippen LogP contribution in [0.2, 0.25) is 0 Å². The predicted octanol–water partition coefficient (Wildman–Crippen LogP) is 0.668. The second kappa shape index (κ2) is 6.51. The summed E-state index contributed by atoms with van der Waals surface area (Å²) in [5.41, 5.74) is 0. The second-order valence-corrected chi connectivity index (χ2v) is 7.30. The van der Waals surface area contributed by atoms with E-state index in [1.54, 1.807) is 6.92 Å². The standard InChI is InChI=1S/C12H20N6O2S/c1-10(7-13)8-17(2)21(19,20)18-6-4-3-5-11(18)12-14-9-15-16-12/h9-11H,3-6,8H2,1-2H3,(H,14,15,16)/t10-,11-/m1/s1. The van der Waals surface area contributed by atoms with Crippen molar-refractivity contribution in [2.45, 2.75) is 32.2 Å². The first kappa shape index (κ1) is 15.9. The van der Waals surface area contributed by atoms with E-state index in [0.29, 0.717) is 12.4 Å². The number of hydrogen-bond donors (Lipinski definition) is 1. The number of H-pyrrole nitrogens is 1. The average molecular weight is 312 g/mol. The van der Waals surface area contributed by atoms with Crippen LogP contribution in [0, 0.1) is 17.2 Å². The number of hydrogen-bond acceptors (Lipinski definition) is 5. The van der Waals surface area contributed by atoms with Crippen LogP contribution in [0.5, 0.6) is 0 Å². The van der Waals surface area contributed by atoms with E-state index in [1.807, 2.05) is 0 Å². The molecular formula is C12H20N6O2S. The molecule has 2 heterocycles. The molecular weight excluding hydrogens is 292 g/mol. The van der Waals surface area contributed by atoms with Gasteiger partial charge in [0, 0.05) is 20.1 Å². The summed E-state index contributed by atoms with van der Waals surface area (Å²) >= 11 is 0. The lowest BCUT2D eigenvalue weighted by Crippen LogP contribution is -2.47. The third-order valence-corrected chi connectivity index (χ3v) is 5.61. The van der Waals surface area contributed by atoms with Crippen molar-refractivity contribution in [3.63, 3.8) is 0 Å². The van der Waals surface area contributed by atoms with Gasteiger partial charge >= 0.3 is 0 Å². The zero-order valence-corrected chi connectivity index (χ0v) is 13.0. The fourth-order valence-corrected chi connectivity index (χ4v) is 4.19. The van der Waals surface area contributed by atoms with Gasteiger partial charge in [0.15, 0.2) is 0 Å². The van der Waals surface area contributed by atoms with Crippen LogP contribution in [0.3, 0.4) is 0 Å². The minimum absolute atomic E-state index is 0.179. The van der Waals surface area contributed by atoms with Gasteiger partial charge in [-0.05, 0) is 19.8 Å². The van der Waals surface area contributed by atoms with E-state index in [1.165, 1.54) is 22.0 Å². The van der Waals surface area contributed by atoms with Crippen LogP contribution in [0.25, 0.3) is 0 Å². The lowest BCUT2D eigenvalue weighted by molar-refractivity contribution is 0.229. The summed E-state index contributed by atoms with van der Waals surface area (Å²) in [7, 11) is -2.11. The molecule has 1 aromatic rings. The molecule has 116 valence electrons. The fourth-order valence-electron chi connectivity index (χ4n) is 2.53. The molecule has 21 heavy (non-hydrogen) atoms. The van der Waals surface area contributed by atoms with E-state index in [9.17, 15) is 8.42 Å². The van der Waals surface area contributed by atoms with Gasteiger partial charge in [-0.15, -0.1) is 0 Å². The van der Waals surface area contributed by atoms with Gasteiger partial charge in [-0.2, -0.15) is 27.4 Å². The van der Waals surface area contributed by atoms with Crippen molar-refractivity contribution in [2.75, 3.05) is 20.1 Å². The molecule has 0 radical (unpaired) electrons. The minimum Gasteiger partial charge on any atom is -0.262 e. The Balaban J connectivity index is 2.22. The molecule has 1 N–H and O–H groups in total. The molecule has 0 aromatic carbocycles. The van der Waals surface area contributed by atoms with Gasteiger partial charge in [0.25, 0.3) is 10.2 Å². The predicted molar refractivity (Wildman–Crippen MR) is 76.0 cm³/mol. The second-order valence-electron chi connectivity index (χ2n) is 5.31. The van der Waals surface area contributed by atoms with Gasteiger partial charge in [-0.3, -0.25) is 5.10 Å². The molecule has 0 amide bonds. The molecule has 0 saturated carbocycles. The molecule has 0 spiro atoms. The number of nitriles is 1. The summed E-state index contributed by atoms with van der Waals surface area (Å²) in [4.78, 5) is 4.10. The molecule has 1 saturated heterocycles. The maximum absolute atomic E-state index is 12.7. The Kier molecular flexibility index (Phi) is 4.92. The molecule has 1 aliphatic rings. The number of aromatic nitrogens is 3. The lowest BCUT2D eigenvalue weighted by atomic mass is 10.0. The number of aromatic amines is 1. The first-order chi connectivity index (χ1) is 9.96. The highest BCUT2D eigenvalue weighted by Crippen LogP contribution is 2.31. The summed E-state index contributed by atoms with van der Waals surface area (Å²) in [5.74, 6) is 0.221. The normalized spacial score (nSPS) is 22.1. The Morgan fingerprint density at radius 3 is 3.00 bits per heavy atom. The van der Waals surface area contributed by atoms with E-state index in [2.05, 4.69) is 21.3 Å². The Hall–Kier alpha value is -1.50. The highest BCUT2D eigenvalue weighted by molar-refractivity contribution is 7.86. The van der Waals surface area contributed by atoms with E-state index in [-0.39, 0.29) is 18.5 Å². The van der Waals surface area contributed by atoms with Gasteiger partial charge in [-0.1, -0.05) is 6.42 Å². The Labute approximate surface area is 125 Å². The Bertz CT molecular complexity index is 594. The van der Waals surface area contributed by atoms with Crippen LogP contribution in [-0.2, 0) is 10.2 Å². The van der Waals surface area contributed by atoms with Crippen molar-refractivity contribution >= 4 is 10.2 Å². The molecule has 2 rings (SSSR count). The number of piperidine rings is 1. The van der Waals surface area contributed by atoms with Crippen molar-refractivity contribution in [1.82, 2.24) is 23.8 Å². The molecule has 0 bridgehead atoms. The van der Waals surface area contributed by atoms with Crippen LogP contribution in [0.4, 0.5) is 0 Å². The fraction of sp³-hybridized carbons (Fsp3) is 0.750. The molecule has 0 unspecified atom stereocenters. The van der Waals surface area contributed by atoms with Crippen LogP contribution >= 0.6 is 0 Å². The number of nitrogens with zero attached hydrogens (tertiary/aromatic N) is 5. The van der Waals surface area contributed by atoms with Crippen LogP contribution in [0.1, 0.15) is 38.1 Å². The monoisotopic (exact) mass is 312 g/mol. The highest BCUT2D eigenvalue weighted by atomic mass is 32.2. The maximum Gasteiger partial charge on any atom is 0.282 e. The van der Waals surface area contributed by atoms with E-state index in [4.69, 9.17) is 5.26 Å². The Morgan fingerprint density at radius 1 is 1.62 bits per heavy atom. The smallest absolute Gasteiger partial charge is 0.262 e. The number of rotatable bonds is 5. The van der Waals surface area contributed by atoms with Gasteiger partial charge < -0.3 is 0 Å². The zero-order chi connectivity index (χ0) is 15.5. The molecule has 2 atom stereocenters. The Morgan fingerprint density at radius 2 is 2.38 bits per heavy atom. The summed E-state index contributed by atoms with van der Waals surface area (Å²) in [6.45, 7) is 2.34.